The molecular weight excluding hydrogens is 333 g/mol. The lowest BCUT2D eigenvalue weighted by atomic mass is 10.2. The van der Waals surface area contributed by atoms with Crippen LogP contribution < -0.4 is 5.43 Å². The second kappa shape index (κ2) is 7.16. The molecule has 0 spiro atoms. The maximum atomic E-state index is 12.5. The van der Waals surface area contributed by atoms with E-state index in [9.17, 15) is 22.8 Å². The summed E-state index contributed by atoms with van der Waals surface area (Å²) in [6.07, 6.45) is -2.53. The smallest absolute Gasteiger partial charge is 0.315 e. The quantitative estimate of drug-likeness (QED) is 0.858. The van der Waals surface area contributed by atoms with Crippen LogP contribution >= 0.6 is 11.3 Å². The van der Waals surface area contributed by atoms with Crippen LogP contribution in [-0.2, 0) is 17.5 Å². The third kappa shape index (κ3) is 4.57. The fourth-order valence-electron chi connectivity index (χ4n) is 2.08. The van der Waals surface area contributed by atoms with E-state index in [0.717, 1.165) is 12.8 Å². The van der Waals surface area contributed by atoms with Gasteiger partial charge in [0.25, 0.3) is 0 Å². The van der Waals surface area contributed by atoms with Crippen molar-refractivity contribution in [2.45, 2.75) is 38.9 Å². The van der Waals surface area contributed by atoms with Gasteiger partial charge in [-0.05, 0) is 6.42 Å². The molecule has 0 radical (unpaired) electrons. The Kier molecular flexibility index (Phi) is 5.45. The van der Waals surface area contributed by atoms with Crippen molar-refractivity contribution in [2.24, 2.45) is 0 Å². The molecule has 0 atom stereocenters. The van der Waals surface area contributed by atoms with Crippen molar-refractivity contribution in [3.63, 3.8) is 0 Å². The molecule has 1 aromatic rings. The van der Waals surface area contributed by atoms with Crippen LogP contribution in [0.2, 0.25) is 0 Å². The minimum absolute atomic E-state index is 0.00720. The van der Waals surface area contributed by atoms with Gasteiger partial charge < -0.3 is 4.90 Å². The lowest BCUT2D eigenvalue weighted by Gasteiger charge is -2.18. The highest BCUT2D eigenvalue weighted by molar-refractivity contribution is 7.09. The van der Waals surface area contributed by atoms with Gasteiger partial charge in [-0.2, -0.15) is 13.2 Å². The van der Waals surface area contributed by atoms with Crippen LogP contribution in [0.25, 0.3) is 0 Å². The second-order valence-electron chi connectivity index (χ2n) is 5.14. The molecule has 0 bridgehead atoms. The average Bonchev–Trinajstić information content (AvgIpc) is 3.07. The summed E-state index contributed by atoms with van der Waals surface area (Å²) in [4.78, 5) is 28.6. The van der Waals surface area contributed by atoms with E-state index in [-0.39, 0.29) is 18.1 Å². The standard InChI is InChI=1S/C13H17F3N4O2S/c1-2-3-4-10(21)18-20-6-5-19(12(20)22)7-9-8-23-11(17-9)13(14,15)16/h8H,2-7H2,1H3,(H,18,21). The largest absolute Gasteiger partial charge is 0.443 e. The number of rotatable bonds is 6. The van der Waals surface area contributed by atoms with Gasteiger partial charge in [-0.25, -0.2) is 14.8 Å². The van der Waals surface area contributed by atoms with Crippen LogP contribution in [0.5, 0.6) is 0 Å². The molecule has 1 aliphatic rings. The molecule has 2 heterocycles. The first kappa shape index (κ1) is 17.5. The normalized spacial score (nSPS) is 15.4. The first-order valence-corrected chi connectivity index (χ1v) is 8.06. The van der Waals surface area contributed by atoms with Crippen LogP contribution in [0.3, 0.4) is 0 Å². The first-order valence-electron chi connectivity index (χ1n) is 7.18. The molecule has 1 fully saturated rings. The minimum Gasteiger partial charge on any atom is -0.315 e. The summed E-state index contributed by atoms with van der Waals surface area (Å²) < 4.78 is 37.5. The SMILES string of the molecule is CCCCC(=O)NN1CCN(Cc2csc(C(F)(F)F)n2)C1=O. The molecule has 1 aromatic heterocycles. The predicted octanol–water partition coefficient (Wildman–Crippen LogP) is 2.62. The Morgan fingerprint density at radius 1 is 1.43 bits per heavy atom. The van der Waals surface area contributed by atoms with Gasteiger partial charge in [0.2, 0.25) is 5.91 Å². The van der Waals surface area contributed by atoms with E-state index in [2.05, 4.69) is 10.4 Å². The lowest BCUT2D eigenvalue weighted by molar-refractivity contribution is -0.137. The molecule has 6 nitrogen and oxygen atoms in total. The summed E-state index contributed by atoms with van der Waals surface area (Å²) in [6, 6.07) is -0.434. The minimum atomic E-state index is -4.47. The summed E-state index contributed by atoms with van der Waals surface area (Å²) in [5, 5.41) is 1.55. The summed E-state index contributed by atoms with van der Waals surface area (Å²) in [5.74, 6) is -0.241. The number of unbranched alkanes of at least 4 members (excludes halogenated alkanes) is 1. The fraction of sp³-hybridized carbons (Fsp3) is 0.615. The summed E-state index contributed by atoms with van der Waals surface area (Å²) in [7, 11) is 0. The first-order chi connectivity index (χ1) is 10.8. The Balaban J connectivity index is 1.89. The zero-order valence-electron chi connectivity index (χ0n) is 12.5. The third-order valence-corrected chi connectivity index (χ3v) is 4.20. The number of halogens is 3. The zero-order chi connectivity index (χ0) is 17.0. The van der Waals surface area contributed by atoms with E-state index in [1.807, 2.05) is 6.92 Å². The van der Waals surface area contributed by atoms with Crippen molar-refractivity contribution < 1.29 is 22.8 Å². The van der Waals surface area contributed by atoms with Crippen LogP contribution in [-0.4, -0.2) is 39.9 Å². The number of aromatic nitrogens is 1. The molecule has 1 saturated heterocycles. The Morgan fingerprint density at radius 2 is 2.17 bits per heavy atom. The number of hydrogen-bond acceptors (Lipinski definition) is 4. The number of nitrogens with zero attached hydrogens (tertiary/aromatic N) is 3. The summed E-state index contributed by atoms with van der Waals surface area (Å²) >= 11 is 0.504. The molecule has 23 heavy (non-hydrogen) atoms. The van der Waals surface area contributed by atoms with Crippen molar-refractivity contribution in [3.05, 3.63) is 16.1 Å². The third-order valence-electron chi connectivity index (χ3n) is 3.26. The molecule has 10 heteroatoms. The average molecular weight is 350 g/mol. The van der Waals surface area contributed by atoms with Gasteiger partial charge in [-0.1, -0.05) is 13.3 Å². The molecule has 0 aromatic carbocycles. The molecule has 0 unspecified atom stereocenters. The topological polar surface area (TPSA) is 65.5 Å². The number of carbonyl (C=O) groups excluding carboxylic acids is 2. The van der Waals surface area contributed by atoms with E-state index >= 15 is 0 Å². The van der Waals surface area contributed by atoms with E-state index in [1.54, 1.807) is 0 Å². The van der Waals surface area contributed by atoms with Gasteiger partial charge in [-0.3, -0.25) is 10.2 Å². The van der Waals surface area contributed by atoms with E-state index < -0.39 is 17.2 Å². The number of hydrogen-bond donors (Lipinski definition) is 1. The lowest BCUT2D eigenvalue weighted by Crippen LogP contribution is -2.44. The van der Waals surface area contributed by atoms with Gasteiger partial charge in [0.1, 0.15) is 0 Å². The number of carbonyl (C=O) groups is 2. The van der Waals surface area contributed by atoms with Crippen molar-refractivity contribution in [3.8, 4) is 0 Å². The Hall–Kier alpha value is -1.84. The number of urea groups is 1. The van der Waals surface area contributed by atoms with E-state index in [1.165, 1.54) is 15.3 Å². The molecule has 3 amide bonds. The number of hydrazine groups is 1. The maximum Gasteiger partial charge on any atom is 0.443 e. The number of thiazole rings is 1. The molecule has 1 aliphatic heterocycles. The number of amides is 3. The fourth-order valence-corrected chi connectivity index (χ4v) is 2.76. The molecular formula is C13H17F3N4O2S. The Morgan fingerprint density at radius 3 is 2.78 bits per heavy atom. The van der Waals surface area contributed by atoms with Crippen molar-refractivity contribution in [2.75, 3.05) is 13.1 Å². The molecule has 2 rings (SSSR count). The molecule has 1 N–H and O–H groups in total. The van der Waals surface area contributed by atoms with Crippen LogP contribution in [0.1, 0.15) is 36.9 Å². The maximum absolute atomic E-state index is 12.5. The Labute approximate surface area is 135 Å². The van der Waals surface area contributed by atoms with Crippen molar-refractivity contribution >= 4 is 23.3 Å². The highest BCUT2D eigenvalue weighted by Gasteiger charge is 2.35. The highest BCUT2D eigenvalue weighted by Crippen LogP contribution is 2.32. The highest BCUT2D eigenvalue weighted by atomic mass is 32.1. The van der Waals surface area contributed by atoms with E-state index in [0.29, 0.717) is 30.8 Å². The zero-order valence-corrected chi connectivity index (χ0v) is 13.3. The van der Waals surface area contributed by atoms with Crippen molar-refractivity contribution in [1.29, 1.82) is 0 Å². The van der Waals surface area contributed by atoms with Gasteiger partial charge in [-0.15, -0.1) is 11.3 Å². The predicted molar refractivity (Wildman–Crippen MR) is 77.3 cm³/mol. The van der Waals surface area contributed by atoms with Gasteiger partial charge in [0.15, 0.2) is 5.01 Å². The molecule has 0 saturated carbocycles. The molecule has 128 valence electrons. The van der Waals surface area contributed by atoms with Gasteiger partial charge >= 0.3 is 12.2 Å². The number of alkyl halides is 3. The van der Waals surface area contributed by atoms with Crippen LogP contribution in [0.4, 0.5) is 18.0 Å². The molecule has 0 aliphatic carbocycles. The summed E-state index contributed by atoms with van der Waals surface area (Å²) in [6.45, 7) is 2.57. The Bertz CT molecular complexity index is 576. The van der Waals surface area contributed by atoms with Crippen LogP contribution in [0.15, 0.2) is 5.38 Å². The van der Waals surface area contributed by atoms with Crippen molar-refractivity contribution in [1.82, 2.24) is 20.3 Å². The van der Waals surface area contributed by atoms with Gasteiger partial charge in [0.05, 0.1) is 18.8 Å². The number of nitrogens with one attached hydrogen (secondary N) is 1. The van der Waals surface area contributed by atoms with Gasteiger partial charge in [0, 0.05) is 18.3 Å². The van der Waals surface area contributed by atoms with E-state index in [4.69, 9.17) is 0 Å². The van der Waals surface area contributed by atoms with Crippen LogP contribution in [0, 0.1) is 0 Å². The summed E-state index contributed by atoms with van der Waals surface area (Å²) in [5.41, 5.74) is 2.70. The second-order valence-corrected chi connectivity index (χ2v) is 5.99. The monoisotopic (exact) mass is 350 g/mol.